The van der Waals surface area contributed by atoms with Crippen molar-refractivity contribution in [3.05, 3.63) is 71.9 Å². The summed E-state index contributed by atoms with van der Waals surface area (Å²) in [5.74, 6) is 1.47. The van der Waals surface area contributed by atoms with Crippen LogP contribution in [0.3, 0.4) is 0 Å². The number of pyridine rings is 1. The first-order valence-corrected chi connectivity index (χ1v) is 8.85. The maximum absolute atomic E-state index is 12.3. The number of nitrogens with zero attached hydrogens (tertiary/aromatic N) is 2. The lowest BCUT2D eigenvalue weighted by molar-refractivity contribution is -0.115. The zero-order valence-electron chi connectivity index (χ0n) is 16.1. The molecule has 0 bridgehead atoms. The smallest absolute Gasteiger partial charge is 0.229 e. The summed E-state index contributed by atoms with van der Waals surface area (Å²) in [5.41, 5.74) is 3.02. The first-order valence-electron chi connectivity index (χ1n) is 8.85. The van der Waals surface area contributed by atoms with Crippen molar-refractivity contribution in [3.8, 4) is 17.6 Å². The number of rotatable bonds is 7. The molecular formula is C22H20N4O3. The predicted octanol–water partition coefficient (Wildman–Crippen LogP) is 3.90. The number of hydrogen-bond acceptors (Lipinski definition) is 6. The third kappa shape index (κ3) is 5.23. The van der Waals surface area contributed by atoms with Gasteiger partial charge in [0.15, 0.2) is 11.5 Å². The van der Waals surface area contributed by atoms with Crippen molar-refractivity contribution >= 4 is 23.1 Å². The van der Waals surface area contributed by atoms with Crippen LogP contribution in [0.25, 0.3) is 0 Å². The number of amides is 1. The number of nitrogens with one attached hydrogen (secondary N) is 2. The second-order valence-corrected chi connectivity index (χ2v) is 6.16. The van der Waals surface area contributed by atoms with Gasteiger partial charge in [-0.15, -0.1) is 0 Å². The third-order valence-electron chi connectivity index (χ3n) is 4.15. The molecule has 3 rings (SSSR count). The summed E-state index contributed by atoms with van der Waals surface area (Å²) in [5, 5.41) is 14.8. The Labute approximate surface area is 168 Å². The molecule has 0 aliphatic rings. The molecule has 0 fully saturated rings. The number of benzene rings is 2. The Morgan fingerprint density at radius 2 is 1.72 bits per heavy atom. The summed E-state index contributed by atoms with van der Waals surface area (Å²) >= 11 is 0. The van der Waals surface area contributed by atoms with Crippen LogP contribution < -0.4 is 20.1 Å². The van der Waals surface area contributed by atoms with Gasteiger partial charge in [0.05, 0.1) is 44.2 Å². The summed E-state index contributed by atoms with van der Waals surface area (Å²) in [6.07, 6.45) is 1.82. The lowest BCUT2D eigenvalue weighted by Crippen LogP contribution is -2.15. The molecule has 0 aliphatic heterocycles. The SMILES string of the molecule is COc1ccc(CC(=O)Nc2ccc(Nc3ccc(C#N)cc3)cn2)cc1OC. The van der Waals surface area contributed by atoms with Crippen LogP contribution in [0.2, 0.25) is 0 Å². The van der Waals surface area contributed by atoms with E-state index in [9.17, 15) is 4.79 Å². The second kappa shape index (κ2) is 9.24. The molecular weight excluding hydrogens is 368 g/mol. The lowest BCUT2D eigenvalue weighted by Gasteiger charge is -2.10. The van der Waals surface area contributed by atoms with Crippen molar-refractivity contribution in [2.75, 3.05) is 24.9 Å². The van der Waals surface area contributed by atoms with E-state index in [1.807, 2.05) is 24.3 Å². The fourth-order valence-electron chi connectivity index (χ4n) is 2.70. The number of carbonyl (C=O) groups is 1. The summed E-state index contributed by atoms with van der Waals surface area (Å²) in [7, 11) is 3.12. The Kier molecular flexibility index (Phi) is 6.28. The van der Waals surface area contributed by atoms with Crippen LogP contribution in [-0.4, -0.2) is 25.1 Å². The molecule has 2 N–H and O–H groups in total. The van der Waals surface area contributed by atoms with Crippen LogP contribution in [0, 0.1) is 11.3 Å². The Morgan fingerprint density at radius 1 is 1.00 bits per heavy atom. The molecule has 3 aromatic rings. The minimum absolute atomic E-state index is 0.183. The van der Waals surface area contributed by atoms with Gasteiger partial charge in [0.2, 0.25) is 5.91 Å². The Hall–Kier alpha value is -4.05. The Bertz CT molecular complexity index is 1030. The van der Waals surface area contributed by atoms with Crippen LogP contribution in [0.1, 0.15) is 11.1 Å². The van der Waals surface area contributed by atoms with E-state index in [4.69, 9.17) is 14.7 Å². The van der Waals surface area contributed by atoms with Crippen molar-refractivity contribution in [3.63, 3.8) is 0 Å². The molecule has 0 saturated heterocycles. The van der Waals surface area contributed by atoms with E-state index in [1.165, 1.54) is 0 Å². The highest BCUT2D eigenvalue weighted by Gasteiger charge is 2.09. The minimum atomic E-state index is -0.183. The van der Waals surface area contributed by atoms with Gasteiger partial charge in [0, 0.05) is 5.69 Å². The minimum Gasteiger partial charge on any atom is -0.493 e. The van der Waals surface area contributed by atoms with E-state index >= 15 is 0 Å². The Balaban J connectivity index is 1.59. The molecule has 1 aromatic heterocycles. The number of nitriles is 1. The molecule has 0 saturated carbocycles. The average Bonchev–Trinajstić information content (AvgIpc) is 2.75. The van der Waals surface area contributed by atoms with Gasteiger partial charge in [-0.3, -0.25) is 4.79 Å². The van der Waals surface area contributed by atoms with E-state index in [0.29, 0.717) is 22.9 Å². The Morgan fingerprint density at radius 3 is 2.34 bits per heavy atom. The highest BCUT2D eigenvalue weighted by atomic mass is 16.5. The van der Waals surface area contributed by atoms with E-state index in [1.54, 1.807) is 50.7 Å². The molecule has 1 amide bonds. The highest BCUT2D eigenvalue weighted by molar-refractivity contribution is 5.91. The lowest BCUT2D eigenvalue weighted by atomic mass is 10.1. The number of anilines is 3. The van der Waals surface area contributed by atoms with E-state index in [2.05, 4.69) is 21.7 Å². The zero-order chi connectivity index (χ0) is 20.6. The molecule has 0 atom stereocenters. The van der Waals surface area contributed by atoms with Gasteiger partial charge in [0.25, 0.3) is 0 Å². The van der Waals surface area contributed by atoms with Crippen LogP contribution in [0.5, 0.6) is 11.5 Å². The van der Waals surface area contributed by atoms with Crippen molar-refractivity contribution < 1.29 is 14.3 Å². The van der Waals surface area contributed by atoms with Gasteiger partial charge in [-0.2, -0.15) is 5.26 Å². The van der Waals surface area contributed by atoms with Crippen molar-refractivity contribution in [2.45, 2.75) is 6.42 Å². The maximum Gasteiger partial charge on any atom is 0.229 e. The van der Waals surface area contributed by atoms with E-state index in [-0.39, 0.29) is 12.3 Å². The second-order valence-electron chi connectivity index (χ2n) is 6.16. The van der Waals surface area contributed by atoms with E-state index in [0.717, 1.165) is 16.9 Å². The monoisotopic (exact) mass is 388 g/mol. The highest BCUT2D eigenvalue weighted by Crippen LogP contribution is 2.27. The molecule has 1 heterocycles. The number of methoxy groups -OCH3 is 2. The van der Waals surface area contributed by atoms with Gasteiger partial charge in [0.1, 0.15) is 5.82 Å². The topological polar surface area (TPSA) is 96.3 Å². The van der Waals surface area contributed by atoms with Gasteiger partial charge in [-0.25, -0.2) is 4.98 Å². The van der Waals surface area contributed by atoms with Crippen molar-refractivity contribution in [1.82, 2.24) is 4.98 Å². The largest absolute Gasteiger partial charge is 0.493 e. The number of carbonyl (C=O) groups excluding carboxylic acids is 1. The fraction of sp³-hybridized carbons (Fsp3) is 0.136. The molecule has 2 aromatic carbocycles. The first kappa shape index (κ1) is 19.7. The van der Waals surface area contributed by atoms with Crippen LogP contribution in [-0.2, 0) is 11.2 Å². The molecule has 7 heteroatoms. The quantitative estimate of drug-likeness (QED) is 0.637. The van der Waals surface area contributed by atoms with Crippen molar-refractivity contribution in [2.24, 2.45) is 0 Å². The number of hydrogen-bond donors (Lipinski definition) is 2. The number of aromatic nitrogens is 1. The maximum atomic E-state index is 12.3. The van der Waals surface area contributed by atoms with Crippen LogP contribution in [0.4, 0.5) is 17.2 Å². The van der Waals surface area contributed by atoms with Gasteiger partial charge < -0.3 is 20.1 Å². The molecule has 0 aliphatic carbocycles. The molecule has 0 radical (unpaired) electrons. The summed E-state index contributed by atoms with van der Waals surface area (Å²) in [6.45, 7) is 0. The number of ether oxygens (including phenoxy) is 2. The first-order chi connectivity index (χ1) is 14.1. The summed E-state index contributed by atoms with van der Waals surface area (Å²) in [6, 6.07) is 18.1. The summed E-state index contributed by atoms with van der Waals surface area (Å²) < 4.78 is 10.5. The van der Waals surface area contributed by atoms with Gasteiger partial charge in [-0.1, -0.05) is 6.07 Å². The zero-order valence-corrected chi connectivity index (χ0v) is 16.1. The fourth-order valence-corrected chi connectivity index (χ4v) is 2.70. The van der Waals surface area contributed by atoms with Crippen LogP contribution >= 0.6 is 0 Å². The molecule has 0 unspecified atom stereocenters. The van der Waals surface area contributed by atoms with E-state index < -0.39 is 0 Å². The van der Waals surface area contributed by atoms with Gasteiger partial charge >= 0.3 is 0 Å². The molecule has 7 nitrogen and oxygen atoms in total. The predicted molar refractivity (Wildman–Crippen MR) is 111 cm³/mol. The van der Waals surface area contributed by atoms with Crippen molar-refractivity contribution in [1.29, 1.82) is 5.26 Å². The third-order valence-corrected chi connectivity index (χ3v) is 4.15. The summed E-state index contributed by atoms with van der Waals surface area (Å²) in [4.78, 5) is 16.6. The van der Waals surface area contributed by atoms with Crippen LogP contribution in [0.15, 0.2) is 60.8 Å². The van der Waals surface area contributed by atoms with Gasteiger partial charge in [-0.05, 0) is 54.1 Å². The molecule has 146 valence electrons. The standard InChI is InChI=1S/C22H20N4O3/c1-28-19-9-5-16(11-20(19)29-2)12-22(27)26-21-10-8-18(14-24-21)25-17-6-3-15(13-23)4-7-17/h3-11,14,25H,12H2,1-2H3,(H,24,26,27). The molecule has 29 heavy (non-hydrogen) atoms. The average molecular weight is 388 g/mol. The normalized spacial score (nSPS) is 9.97. The molecule has 0 spiro atoms.